The van der Waals surface area contributed by atoms with E-state index < -0.39 is 17.3 Å². The van der Waals surface area contributed by atoms with Crippen LogP contribution in [0.3, 0.4) is 0 Å². The first-order chi connectivity index (χ1) is 15.9. The molecule has 0 radical (unpaired) electrons. The van der Waals surface area contributed by atoms with Crippen LogP contribution in [0.1, 0.15) is 5.56 Å². The van der Waals surface area contributed by atoms with Gasteiger partial charge in [0.1, 0.15) is 5.82 Å². The number of benzene rings is 3. The quantitative estimate of drug-likeness (QED) is 0.337. The van der Waals surface area contributed by atoms with Crippen LogP contribution in [0.25, 0.3) is 39.2 Å². The van der Waals surface area contributed by atoms with E-state index in [1.54, 1.807) is 72.8 Å². The van der Waals surface area contributed by atoms with E-state index in [9.17, 15) is 18.0 Å². The Balaban J connectivity index is 1.98. The largest absolute Gasteiger partial charge is 0.418 e. The Labute approximate surface area is 186 Å². The molecule has 0 aliphatic heterocycles. The number of halogens is 3. The first kappa shape index (κ1) is 20.6. The minimum atomic E-state index is -4.71. The van der Waals surface area contributed by atoms with E-state index in [4.69, 9.17) is 0 Å². The fourth-order valence-corrected chi connectivity index (χ4v) is 3.86. The fourth-order valence-electron chi connectivity index (χ4n) is 3.86. The van der Waals surface area contributed by atoms with Crippen molar-refractivity contribution >= 4 is 10.9 Å². The molecule has 0 aliphatic carbocycles. The van der Waals surface area contributed by atoms with Gasteiger partial charge < -0.3 is 0 Å². The molecule has 2 heterocycles. The van der Waals surface area contributed by atoms with Crippen LogP contribution in [-0.2, 0) is 6.18 Å². The zero-order valence-electron chi connectivity index (χ0n) is 17.1. The minimum absolute atomic E-state index is 0.119. The van der Waals surface area contributed by atoms with Crippen molar-refractivity contribution in [2.75, 3.05) is 0 Å². The topological polar surface area (TPSA) is 47.8 Å². The second kappa shape index (κ2) is 8.02. The maximum Gasteiger partial charge on any atom is 0.418 e. The molecule has 4 nitrogen and oxygen atoms in total. The fraction of sp³-hybridized carbons (Fsp3) is 0.0385. The number of alkyl halides is 3. The summed E-state index contributed by atoms with van der Waals surface area (Å²) in [6, 6.07) is 24.1. The highest BCUT2D eigenvalue weighted by Crippen LogP contribution is 2.39. The highest BCUT2D eigenvalue weighted by Gasteiger charge is 2.36. The molecule has 0 fully saturated rings. The van der Waals surface area contributed by atoms with Crippen LogP contribution in [0.2, 0.25) is 0 Å². The molecular formula is C26H16F3N3O. The van der Waals surface area contributed by atoms with Gasteiger partial charge in [0.2, 0.25) is 0 Å². The zero-order chi connectivity index (χ0) is 23.0. The number of pyridine rings is 1. The van der Waals surface area contributed by atoms with Crippen molar-refractivity contribution < 1.29 is 13.2 Å². The standard InChI is InChI=1S/C26H16F3N3O/c27-26(28,29)20-13-8-12-18(21-14-6-7-16-30-21)23(20)32-24(17-9-2-1-3-10-17)31-22-15-5-4-11-19(22)25(32)33/h1-16H. The van der Waals surface area contributed by atoms with E-state index in [1.165, 1.54) is 18.3 Å². The van der Waals surface area contributed by atoms with Gasteiger partial charge in [0.25, 0.3) is 5.56 Å². The number of para-hydroxylation sites is 2. The first-order valence-corrected chi connectivity index (χ1v) is 10.1. The molecule has 0 amide bonds. The number of fused-ring (bicyclic) bond motifs is 1. The van der Waals surface area contributed by atoms with Gasteiger partial charge in [-0.2, -0.15) is 13.2 Å². The van der Waals surface area contributed by atoms with Crippen LogP contribution in [0.4, 0.5) is 13.2 Å². The molecule has 0 aliphatic rings. The van der Waals surface area contributed by atoms with Gasteiger partial charge in [-0.1, -0.05) is 60.7 Å². The van der Waals surface area contributed by atoms with E-state index in [0.717, 1.165) is 10.6 Å². The highest BCUT2D eigenvalue weighted by atomic mass is 19.4. The summed E-state index contributed by atoms with van der Waals surface area (Å²) in [6.45, 7) is 0. The molecule has 33 heavy (non-hydrogen) atoms. The van der Waals surface area contributed by atoms with Crippen molar-refractivity contribution in [1.29, 1.82) is 0 Å². The molecule has 5 rings (SSSR count). The summed E-state index contributed by atoms with van der Waals surface area (Å²) in [5, 5.41) is 0.223. The summed E-state index contributed by atoms with van der Waals surface area (Å²) in [5.74, 6) is 0.119. The predicted molar refractivity (Wildman–Crippen MR) is 121 cm³/mol. The monoisotopic (exact) mass is 443 g/mol. The summed E-state index contributed by atoms with van der Waals surface area (Å²) >= 11 is 0. The van der Waals surface area contributed by atoms with Gasteiger partial charge in [-0.25, -0.2) is 4.98 Å². The third-order valence-electron chi connectivity index (χ3n) is 5.31. The van der Waals surface area contributed by atoms with Crippen LogP contribution in [0.5, 0.6) is 0 Å². The van der Waals surface area contributed by atoms with Crippen LogP contribution in [0.15, 0.2) is 102 Å². The molecule has 7 heteroatoms. The minimum Gasteiger partial charge on any atom is -0.268 e. The third-order valence-corrected chi connectivity index (χ3v) is 5.31. The molecule has 0 unspecified atom stereocenters. The molecule has 162 valence electrons. The molecule has 3 aromatic carbocycles. The second-order valence-corrected chi connectivity index (χ2v) is 7.37. The summed E-state index contributed by atoms with van der Waals surface area (Å²) in [6.07, 6.45) is -3.21. The molecule has 0 N–H and O–H groups in total. The van der Waals surface area contributed by atoms with Gasteiger partial charge in [-0.15, -0.1) is 0 Å². The maximum absolute atomic E-state index is 14.3. The van der Waals surface area contributed by atoms with Crippen molar-refractivity contribution in [2.24, 2.45) is 0 Å². The van der Waals surface area contributed by atoms with E-state index in [1.807, 2.05) is 0 Å². The van der Waals surface area contributed by atoms with Crippen molar-refractivity contribution in [3.63, 3.8) is 0 Å². The Morgan fingerprint density at radius 3 is 2.21 bits per heavy atom. The highest BCUT2D eigenvalue weighted by molar-refractivity contribution is 5.82. The maximum atomic E-state index is 14.3. The van der Waals surface area contributed by atoms with E-state index in [2.05, 4.69) is 9.97 Å². The lowest BCUT2D eigenvalue weighted by Crippen LogP contribution is -2.25. The summed E-state index contributed by atoms with van der Waals surface area (Å²) in [7, 11) is 0. The van der Waals surface area contributed by atoms with Crippen LogP contribution < -0.4 is 5.56 Å². The Bertz CT molecular complexity index is 1510. The zero-order valence-corrected chi connectivity index (χ0v) is 17.1. The van der Waals surface area contributed by atoms with Crippen molar-refractivity contribution in [1.82, 2.24) is 14.5 Å². The van der Waals surface area contributed by atoms with Crippen LogP contribution >= 0.6 is 0 Å². The van der Waals surface area contributed by atoms with Crippen molar-refractivity contribution in [2.45, 2.75) is 6.18 Å². The molecule has 0 atom stereocenters. The molecule has 0 saturated heterocycles. The van der Waals surface area contributed by atoms with Gasteiger partial charge in [-0.3, -0.25) is 14.3 Å². The summed E-state index contributed by atoms with van der Waals surface area (Å²) in [5.41, 5.74) is -0.411. The van der Waals surface area contributed by atoms with Gasteiger partial charge in [0.15, 0.2) is 0 Å². The Kier molecular flexibility index (Phi) is 5.01. The summed E-state index contributed by atoms with van der Waals surface area (Å²) < 4.78 is 43.8. The number of hydrogen-bond donors (Lipinski definition) is 0. The molecule has 5 aromatic rings. The van der Waals surface area contributed by atoms with E-state index in [0.29, 0.717) is 16.8 Å². The van der Waals surface area contributed by atoms with Crippen LogP contribution in [0, 0.1) is 0 Å². The van der Waals surface area contributed by atoms with Crippen molar-refractivity contribution in [3.8, 4) is 28.3 Å². The lowest BCUT2D eigenvalue weighted by molar-refractivity contribution is -0.137. The lowest BCUT2D eigenvalue weighted by atomic mass is 10.0. The lowest BCUT2D eigenvalue weighted by Gasteiger charge is -2.21. The van der Waals surface area contributed by atoms with E-state index >= 15 is 0 Å². The average molecular weight is 443 g/mol. The first-order valence-electron chi connectivity index (χ1n) is 10.1. The normalized spacial score (nSPS) is 11.6. The smallest absolute Gasteiger partial charge is 0.268 e. The van der Waals surface area contributed by atoms with Gasteiger partial charge in [0, 0.05) is 17.3 Å². The number of aromatic nitrogens is 3. The number of hydrogen-bond acceptors (Lipinski definition) is 3. The summed E-state index contributed by atoms with van der Waals surface area (Å²) in [4.78, 5) is 22.6. The van der Waals surface area contributed by atoms with E-state index in [-0.39, 0.29) is 22.5 Å². The Hall–Kier alpha value is -4.26. The Morgan fingerprint density at radius 2 is 1.48 bits per heavy atom. The number of nitrogens with zero attached hydrogens (tertiary/aromatic N) is 3. The molecule has 0 bridgehead atoms. The number of rotatable bonds is 3. The van der Waals surface area contributed by atoms with Gasteiger partial charge >= 0.3 is 6.18 Å². The van der Waals surface area contributed by atoms with Crippen molar-refractivity contribution in [3.05, 3.63) is 113 Å². The SMILES string of the molecule is O=c1c2ccccc2nc(-c2ccccc2)n1-c1c(-c2ccccn2)cccc1C(F)(F)F. The predicted octanol–water partition coefficient (Wildman–Crippen LogP) is 6.13. The molecule has 0 spiro atoms. The third kappa shape index (κ3) is 3.67. The second-order valence-electron chi connectivity index (χ2n) is 7.37. The molecule has 0 saturated carbocycles. The molecular weight excluding hydrogens is 427 g/mol. The average Bonchev–Trinajstić information content (AvgIpc) is 2.84. The molecule has 2 aromatic heterocycles. The van der Waals surface area contributed by atoms with Crippen LogP contribution in [-0.4, -0.2) is 14.5 Å². The Morgan fingerprint density at radius 1 is 0.758 bits per heavy atom. The van der Waals surface area contributed by atoms with Gasteiger partial charge in [-0.05, 0) is 30.3 Å². The van der Waals surface area contributed by atoms with Gasteiger partial charge in [0.05, 0.1) is 27.8 Å².